The molecule has 3 aromatic carbocycles. The molecule has 0 spiro atoms. The zero-order valence-corrected chi connectivity index (χ0v) is 15.7. The van der Waals surface area contributed by atoms with Crippen LogP contribution in [-0.2, 0) is 4.79 Å². The van der Waals surface area contributed by atoms with Crippen molar-refractivity contribution in [3.8, 4) is 16.9 Å². The predicted octanol–water partition coefficient (Wildman–Crippen LogP) is 4.18. The topological polar surface area (TPSA) is 93.8 Å². The van der Waals surface area contributed by atoms with E-state index in [4.69, 9.17) is 4.74 Å². The lowest BCUT2D eigenvalue weighted by molar-refractivity contribution is -0.384. The molecule has 0 saturated heterocycles. The molecule has 7 nitrogen and oxygen atoms in total. The Morgan fingerprint density at radius 2 is 1.59 bits per heavy atom. The van der Waals surface area contributed by atoms with Gasteiger partial charge in [-0.2, -0.15) is 5.10 Å². The van der Waals surface area contributed by atoms with Crippen molar-refractivity contribution in [3.05, 3.63) is 94.5 Å². The highest BCUT2D eigenvalue weighted by Gasteiger charge is 2.07. The van der Waals surface area contributed by atoms with Crippen molar-refractivity contribution < 1.29 is 14.5 Å². The number of hydrazone groups is 1. The van der Waals surface area contributed by atoms with Crippen molar-refractivity contribution in [1.29, 1.82) is 0 Å². The van der Waals surface area contributed by atoms with Gasteiger partial charge in [-0.25, -0.2) is 5.43 Å². The van der Waals surface area contributed by atoms with E-state index in [1.165, 1.54) is 24.3 Å². The number of nitrogens with zero attached hydrogens (tertiary/aromatic N) is 2. The maximum Gasteiger partial charge on any atom is 0.277 e. The summed E-state index contributed by atoms with van der Waals surface area (Å²) >= 11 is 0. The van der Waals surface area contributed by atoms with Crippen molar-refractivity contribution in [2.45, 2.75) is 6.92 Å². The summed E-state index contributed by atoms with van der Waals surface area (Å²) in [5, 5.41) is 14.7. The molecule has 3 aromatic rings. The largest absolute Gasteiger partial charge is 0.484 e. The summed E-state index contributed by atoms with van der Waals surface area (Å²) in [6, 6.07) is 23.4. The van der Waals surface area contributed by atoms with Gasteiger partial charge in [0.25, 0.3) is 11.6 Å². The summed E-state index contributed by atoms with van der Waals surface area (Å²) in [7, 11) is 0. The van der Waals surface area contributed by atoms with Crippen LogP contribution in [0.2, 0.25) is 0 Å². The SMILES string of the molecule is C/C(=N\NC(=O)COc1ccc([N+](=O)[O-])cc1)c1ccc(-c2ccccc2)cc1. The molecule has 146 valence electrons. The van der Waals surface area contributed by atoms with Crippen LogP contribution in [0, 0.1) is 10.1 Å². The number of nitro groups is 1. The molecular weight excluding hydrogens is 370 g/mol. The molecule has 0 aliphatic heterocycles. The van der Waals surface area contributed by atoms with Crippen molar-refractivity contribution in [2.75, 3.05) is 6.61 Å². The first-order valence-corrected chi connectivity index (χ1v) is 8.89. The number of carbonyl (C=O) groups excluding carboxylic acids is 1. The monoisotopic (exact) mass is 389 g/mol. The molecule has 0 aliphatic rings. The third-order valence-electron chi connectivity index (χ3n) is 4.18. The van der Waals surface area contributed by atoms with Crippen molar-refractivity contribution in [1.82, 2.24) is 5.43 Å². The summed E-state index contributed by atoms with van der Waals surface area (Å²) in [6.45, 7) is 1.55. The number of non-ortho nitro benzene ring substituents is 1. The minimum absolute atomic E-state index is 0.0414. The Bertz CT molecular complexity index is 1010. The summed E-state index contributed by atoms with van der Waals surface area (Å²) in [6.07, 6.45) is 0. The summed E-state index contributed by atoms with van der Waals surface area (Å²) < 4.78 is 5.30. The number of hydrogen-bond acceptors (Lipinski definition) is 5. The van der Waals surface area contributed by atoms with Gasteiger partial charge in [-0.15, -0.1) is 0 Å². The number of rotatable bonds is 7. The molecule has 29 heavy (non-hydrogen) atoms. The lowest BCUT2D eigenvalue weighted by Crippen LogP contribution is -2.25. The minimum atomic E-state index is -0.500. The van der Waals surface area contributed by atoms with Crippen LogP contribution in [0.4, 0.5) is 5.69 Å². The minimum Gasteiger partial charge on any atom is -0.484 e. The van der Waals surface area contributed by atoms with Gasteiger partial charge in [0.2, 0.25) is 0 Å². The zero-order valence-electron chi connectivity index (χ0n) is 15.7. The van der Waals surface area contributed by atoms with Crippen molar-refractivity contribution in [3.63, 3.8) is 0 Å². The number of nitrogens with one attached hydrogen (secondary N) is 1. The van der Waals surface area contributed by atoms with E-state index in [0.717, 1.165) is 16.7 Å². The molecule has 0 unspecified atom stereocenters. The second kappa shape index (κ2) is 9.27. The predicted molar refractivity (Wildman–Crippen MR) is 111 cm³/mol. The average molecular weight is 389 g/mol. The summed E-state index contributed by atoms with van der Waals surface area (Å²) in [4.78, 5) is 22.0. The van der Waals surface area contributed by atoms with Crippen LogP contribution in [0.25, 0.3) is 11.1 Å². The van der Waals surface area contributed by atoms with Crippen LogP contribution < -0.4 is 10.2 Å². The molecule has 0 atom stereocenters. The zero-order chi connectivity index (χ0) is 20.6. The van der Waals surface area contributed by atoms with Crippen LogP contribution >= 0.6 is 0 Å². The molecule has 0 fully saturated rings. The smallest absolute Gasteiger partial charge is 0.277 e. The van der Waals surface area contributed by atoms with E-state index in [2.05, 4.69) is 10.5 Å². The van der Waals surface area contributed by atoms with Gasteiger partial charge in [-0.05, 0) is 35.7 Å². The van der Waals surface area contributed by atoms with E-state index in [0.29, 0.717) is 11.5 Å². The van der Waals surface area contributed by atoms with Crippen LogP contribution in [0.3, 0.4) is 0 Å². The van der Waals surface area contributed by atoms with E-state index >= 15 is 0 Å². The third-order valence-corrected chi connectivity index (χ3v) is 4.18. The van der Waals surface area contributed by atoms with Crippen LogP contribution in [0.15, 0.2) is 84.0 Å². The fourth-order valence-electron chi connectivity index (χ4n) is 2.59. The Kier molecular flexibility index (Phi) is 6.32. The molecule has 0 saturated carbocycles. The molecule has 0 aromatic heterocycles. The Balaban J connectivity index is 1.53. The Morgan fingerprint density at radius 3 is 2.21 bits per heavy atom. The second-order valence-electron chi connectivity index (χ2n) is 6.22. The Labute approximate surface area is 167 Å². The summed E-state index contributed by atoms with van der Waals surface area (Å²) in [5.41, 5.74) is 6.18. The molecular formula is C22H19N3O4. The van der Waals surface area contributed by atoms with E-state index in [9.17, 15) is 14.9 Å². The van der Waals surface area contributed by atoms with Crippen molar-refractivity contribution >= 4 is 17.3 Å². The van der Waals surface area contributed by atoms with Gasteiger partial charge in [0, 0.05) is 12.1 Å². The quantitative estimate of drug-likeness (QED) is 0.373. The van der Waals surface area contributed by atoms with Crippen LogP contribution in [0.1, 0.15) is 12.5 Å². The fourth-order valence-corrected chi connectivity index (χ4v) is 2.59. The molecule has 0 radical (unpaired) electrons. The maximum atomic E-state index is 11.9. The molecule has 1 N–H and O–H groups in total. The number of hydrogen-bond donors (Lipinski definition) is 1. The molecule has 7 heteroatoms. The van der Waals surface area contributed by atoms with E-state index in [1.54, 1.807) is 6.92 Å². The van der Waals surface area contributed by atoms with Gasteiger partial charge in [0.15, 0.2) is 6.61 Å². The Hall–Kier alpha value is -4.00. The Morgan fingerprint density at radius 1 is 0.966 bits per heavy atom. The van der Waals surface area contributed by atoms with Gasteiger partial charge in [0.1, 0.15) is 5.75 Å². The lowest BCUT2D eigenvalue weighted by Gasteiger charge is -2.06. The highest BCUT2D eigenvalue weighted by atomic mass is 16.6. The first-order chi connectivity index (χ1) is 14.0. The third kappa shape index (κ3) is 5.49. The maximum absolute atomic E-state index is 11.9. The summed E-state index contributed by atoms with van der Waals surface area (Å²) in [5.74, 6) is -0.0634. The van der Waals surface area contributed by atoms with Gasteiger partial charge in [-0.3, -0.25) is 14.9 Å². The second-order valence-corrected chi connectivity index (χ2v) is 6.22. The first kappa shape index (κ1) is 19.8. The number of carbonyl (C=O) groups is 1. The van der Waals surface area contributed by atoms with Gasteiger partial charge < -0.3 is 4.74 Å². The molecule has 1 amide bonds. The number of amides is 1. The normalized spacial score (nSPS) is 11.0. The molecule has 0 aliphatic carbocycles. The van der Waals surface area contributed by atoms with Crippen LogP contribution in [0.5, 0.6) is 5.75 Å². The van der Waals surface area contributed by atoms with E-state index in [-0.39, 0.29) is 12.3 Å². The fraction of sp³-hybridized carbons (Fsp3) is 0.0909. The van der Waals surface area contributed by atoms with Crippen LogP contribution in [-0.4, -0.2) is 23.1 Å². The highest BCUT2D eigenvalue weighted by molar-refractivity contribution is 5.99. The molecule has 0 heterocycles. The van der Waals surface area contributed by atoms with Gasteiger partial charge in [0.05, 0.1) is 10.6 Å². The van der Waals surface area contributed by atoms with E-state index in [1.807, 2.05) is 54.6 Å². The highest BCUT2D eigenvalue weighted by Crippen LogP contribution is 2.19. The van der Waals surface area contributed by atoms with Gasteiger partial charge >= 0.3 is 0 Å². The number of ether oxygens (including phenoxy) is 1. The van der Waals surface area contributed by atoms with E-state index < -0.39 is 10.8 Å². The molecule has 3 rings (SSSR count). The first-order valence-electron chi connectivity index (χ1n) is 8.89. The molecule has 0 bridgehead atoms. The number of nitro benzene ring substituents is 1. The van der Waals surface area contributed by atoms with Gasteiger partial charge in [-0.1, -0.05) is 54.6 Å². The standard InChI is InChI=1S/C22H19N3O4/c1-16(17-7-9-19(10-8-17)18-5-3-2-4-6-18)23-24-22(26)15-29-21-13-11-20(12-14-21)25(27)28/h2-14H,15H2,1H3,(H,24,26)/b23-16+. The number of benzene rings is 3. The lowest BCUT2D eigenvalue weighted by atomic mass is 10.0. The van der Waals surface area contributed by atoms with Crippen molar-refractivity contribution in [2.24, 2.45) is 5.10 Å². The average Bonchev–Trinajstić information content (AvgIpc) is 2.77.